The molecule has 1 atom stereocenters. The molecular weight excluding hydrogens is 296 g/mol. The molecule has 0 heterocycles. The van der Waals surface area contributed by atoms with E-state index in [9.17, 15) is 9.59 Å². The zero-order chi connectivity index (χ0) is 13.1. The summed E-state index contributed by atoms with van der Waals surface area (Å²) in [6.45, 7) is 1.69. The summed E-state index contributed by atoms with van der Waals surface area (Å²) in [5.74, 6) is -0.365. The minimum absolute atomic E-state index is 0.124. The number of carbonyl (C=O) groups is 2. The van der Waals surface area contributed by atoms with Gasteiger partial charge in [-0.1, -0.05) is 22.0 Å². The molecule has 18 heavy (non-hydrogen) atoms. The summed E-state index contributed by atoms with van der Waals surface area (Å²) in [6.07, 6.45) is 2.08. The molecule has 1 saturated carbocycles. The second-order valence-corrected chi connectivity index (χ2v) is 5.40. The van der Waals surface area contributed by atoms with E-state index in [2.05, 4.69) is 26.6 Å². The lowest BCUT2D eigenvalue weighted by Crippen LogP contribution is -2.45. The van der Waals surface area contributed by atoms with E-state index in [-0.39, 0.29) is 11.8 Å². The highest BCUT2D eigenvalue weighted by Crippen LogP contribution is 2.18. The number of halogens is 1. The van der Waals surface area contributed by atoms with Crippen molar-refractivity contribution in [1.82, 2.24) is 10.6 Å². The van der Waals surface area contributed by atoms with Crippen LogP contribution in [0, 0.1) is 0 Å². The van der Waals surface area contributed by atoms with Gasteiger partial charge in [-0.2, -0.15) is 0 Å². The normalized spacial score (nSPS) is 15.9. The van der Waals surface area contributed by atoms with Crippen molar-refractivity contribution in [2.75, 3.05) is 0 Å². The molecule has 4 nitrogen and oxygen atoms in total. The highest BCUT2D eigenvalue weighted by molar-refractivity contribution is 9.10. The predicted molar refractivity (Wildman–Crippen MR) is 72.2 cm³/mol. The van der Waals surface area contributed by atoms with Gasteiger partial charge in [-0.25, -0.2) is 0 Å². The Balaban J connectivity index is 1.91. The number of benzene rings is 1. The van der Waals surface area contributed by atoms with E-state index in [0.717, 1.165) is 17.3 Å². The molecule has 1 aromatic carbocycles. The van der Waals surface area contributed by atoms with Gasteiger partial charge < -0.3 is 10.6 Å². The maximum absolute atomic E-state index is 11.9. The number of hydrogen-bond donors (Lipinski definition) is 2. The summed E-state index contributed by atoms with van der Waals surface area (Å²) in [5, 5.41) is 5.54. The molecule has 1 unspecified atom stereocenters. The van der Waals surface area contributed by atoms with Gasteiger partial charge >= 0.3 is 0 Å². The van der Waals surface area contributed by atoms with E-state index in [4.69, 9.17) is 0 Å². The van der Waals surface area contributed by atoms with Gasteiger partial charge in [-0.15, -0.1) is 0 Å². The van der Waals surface area contributed by atoms with E-state index in [1.807, 2.05) is 6.07 Å². The molecule has 1 aliphatic rings. The lowest BCUT2D eigenvalue weighted by Gasteiger charge is -2.13. The van der Waals surface area contributed by atoms with Crippen LogP contribution < -0.4 is 10.6 Å². The fourth-order valence-corrected chi connectivity index (χ4v) is 1.93. The quantitative estimate of drug-likeness (QED) is 0.891. The van der Waals surface area contributed by atoms with E-state index < -0.39 is 6.04 Å². The molecule has 2 N–H and O–H groups in total. The maximum Gasteiger partial charge on any atom is 0.251 e. The van der Waals surface area contributed by atoms with Crippen LogP contribution in [-0.4, -0.2) is 23.9 Å². The van der Waals surface area contributed by atoms with Gasteiger partial charge in [0.25, 0.3) is 5.91 Å². The molecule has 2 amide bonds. The van der Waals surface area contributed by atoms with Gasteiger partial charge in [0.15, 0.2) is 0 Å². The topological polar surface area (TPSA) is 58.2 Å². The van der Waals surface area contributed by atoms with E-state index in [1.165, 1.54) is 0 Å². The van der Waals surface area contributed by atoms with Crippen LogP contribution in [0.25, 0.3) is 0 Å². The molecule has 1 aromatic rings. The third-order valence-electron chi connectivity index (χ3n) is 2.75. The second kappa shape index (κ2) is 5.52. The SMILES string of the molecule is CC(NC(=O)c1cccc(Br)c1)C(=O)NC1CC1. The van der Waals surface area contributed by atoms with Gasteiger partial charge in [0, 0.05) is 16.1 Å². The van der Waals surface area contributed by atoms with Gasteiger partial charge in [0.05, 0.1) is 0 Å². The van der Waals surface area contributed by atoms with Crippen molar-refractivity contribution in [1.29, 1.82) is 0 Å². The number of rotatable bonds is 4. The Hall–Kier alpha value is -1.36. The van der Waals surface area contributed by atoms with Crippen molar-refractivity contribution in [3.8, 4) is 0 Å². The third-order valence-corrected chi connectivity index (χ3v) is 3.24. The largest absolute Gasteiger partial charge is 0.352 e. The van der Waals surface area contributed by atoms with Crippen LogP contribution in [0.4, 0.5) is 0 Å². The zero-order valence-corrected chi connectivity index (χ0v) is 11.7. The first-order valence-electron chi connectivity index (χ1n) is 5.93. The van der Waals surface area contributed by atoms with Crippen molar-refractivity contribution >= 4 is 27.7 Å². The van der Waals surface area contributed by atoms with Crippen LogP contribution in [0.15, 0.2) is 28.7 Å². The minimum Gasteiger partial charge on any atom is -0.352 e. The van der Waals surface area contributed by atoms with Crippen LogP contribution in [0.5, 0.6) is 0 Å². The number of nitrogens with one attached hydrogen (secondary N) is 2. The van der Waals surface area contributed by atoms with Crippen molar-refractivity contribution in [2.45, 2.75) is 31.8 Å². The molecule has 0 bridgehead atoms. The predicted octanol–water partition coefficient (Wildman–Crippen LogP) is 1.85. The standard InChI is InChI=1S/C13H15BrN2O2/c1-8(12(17)16-11-5-6-11)15-13(18)9-3-2-4-10(14)7-9/h2-4,7-8,11H,5-6H2,1H3,(H,15,18)(H,16,17). The lowest BCUT2D eigenvalue weighted by atomic mass is 10.2. The first-order chi connectivity index (χ1) is 8.56. The summed E-state index contributed by atoms with van der Waals surface area (Å²) in [5.41, 5.74) is 0.537. The summed E-state index contributed by atoms with van der Waals surface area (Å²) >= 11 is 3.31. The van der Waals surface area contributed by atoms with Crippen molar-refractivity contribution in [2.24, 2.45) is 0 Å². The summed E-state index contributed by atoms with van der Waals surface area (Å²) in [4.78, 5) is 23.6. The molecule has 0 radical (unpaired) electrons. The molecule has 0 aromatic heterocycles. The number of hydrogen-bond acceptors (Lipinski definition) is 2. The average molecular weight is 311 g/mol. The minimum atomic E-state index is -0.517. The molecule has 5 heteroatoms. The fourth-order valence-electron chi connectivity index (χ4n) is 1.53. The lowest BCUT2D eigenvalue weighted by molar-refractivity contribution is -0.122. The van der Waals surface area contributed by atoms with Gasteiger partial charge in [0.1, 0.15) is 6.04 Å². The van der Waals surface area contributed by atoms with E-state index in [1.54, 1.807) is 25.1 Å². The van der Waals surface area contributed by atoms with Crippen LogP contribution in [-0.2, 0) is 4.79 Å². The summed E-state index contributed by atoms with van der Waals surface area (Å²) < 4.78 is 0.838. The molecule has 96 valence electrons. The van der Waals surface area contributed by atoms with Crippen LogP contribution in [0.1, 0.15) is 30.1 Å². The van der Waals surface area contributed by atoms with Crippen molar-refractivity contribution in [3.63, 3.8) is 0 Å². The molecular formula is C13H15BrN2O2. The van der Waals surface area contributed by atoms with Gasteiger partial charge in [-0.05, 0) is 38.0 Å². The molecule has 2 rings (SSSR count). The smallest absolute Gasteiger partial charge is 0.251 e. The van der Waals surface area contributed by atoms with Crippen LogP contribution in [0.2, 0.25) is 0 Å². The van der Waals surface area contributed by atoms with Crippen LogP contribution >= 0.6 is 15.9 Å². The number of amides is 2. The van der Waals surface area contributed by atoms with Crippen LogP contribution in [0.3, 0.4) is 0 Å². The summed E-state index contributed by atoms with van der Waals surface area (Å²) in [7, 11) is 0. The molecule has 0 saturated heterocycles. The average Bonchev–Trinajstić information content (AvgIpc) is 3.12. The molecule has 0 spiro atoms. The first kappa shape index (κ1) is 13.1. The Morgan fingerprint density at radius 1 is 1.39 bits per heavy atom. The van der Waals surface area contributed by atoms with Crippen molar-refractivity contribution < 1.29 is 9.59 Å². The first-order valence-corrected chi connectivity index (χ1v) is 6.72. The van der Waals surface area contributed by atoms with Gasteiger partial charge in [-0.3, -0.25) is 9.59 Å². The van der Waals surface area contributed by atoms with Gasteiger partial charge in [0.2, 0.25) is 5.91 Å². The molecule has 1 fully saturated rings. The highest BCUT2D eigenvalue weighted by atomic mass is 79.9. The number of carbonyl (C=O) groups excluding carboxylic acids is 2. The zero-order valence-electron chi connectivity index (χ0n) is 10.1. The van der Waals surface area contributed by atoms with E-state index in [0.29, 0.717) is 11.6 Å². The fraction of sp³-hybridized carbons (Fsp3) is 0.385. The molecule has 1 aliphatic carbocycles. The Morgan fingerprint density at radius 2 is 2.11 bits per heavy atom. The van der Waals surface area contributed by atoms with Crippen molar-refractivity contribution in [3.05, 3.63) is 34.3 Å². The third kappa shape index (κ3) is 3.57. The highest BCUT2D eigenvalue weighted by Gasteiger charge is 2.26. The monoisotopic (exact) mass is 310 g/mol. The Morgan fingerprint density at radius 3 is 2.72 bits per heavy atom. The second-order valence-electron chi connectivity index (χ2n) is 4.49. The molecule has 0 aliphatic heterocycles. The Labute approximate surface area is 114 Å². The summed E-state index contributed by atoms with van der Waals surface area (Å²) in [6, 6.07) is 6.86. The Bertz CT molecular complexity index is 472. The Kier molecular flexibility index (Phi) is 4.01. The van der Waals surface area contributed by atoms with E-state index >= 15 is 0 Å². The maximum atomic E-state index is 11.9.